The van der Waals surface area contributed by atoms with Gasteiger partial charge in [0, 0.05) is 5.69 Å². The largest absolute Gasteiger partial charge is 0.397 e. The molecule has 92 valence electrons. The lowest BCUT2D eigenvalue weighted by Crippen LogP contribution is -2.20. The lowest BCUT2D eigenvalue weighted by molar-refractivity contribution is 0.262. The molecule has 0 radical (unpaired) electrons. The molecular formula is C13H12FN3O. The van der Waals surface area contributed by atoms with E-state index in [-0.39, 0.29) is 11.4 Å². The van der Waals surface area contributed by atoms with Crippen molar-refractivity contribution in [1.29, 1.82) is 0 Å². The van der Waals surface area contributed by atoms with Gasteiger partial charge in [-0.05, 0) is 24.3 Å². The molecule has 2 rings (SSSR count). The van der Waals surface area contributed by atoms with Crippen LogP contribution in [0.3, 0.4) is 0 Å². The Hall–Kier alpha value is -2.56. The van der Waals surface area contributed by atoms with Crippen molar-refractivity contribution in [3.63, 3.8) is 0 Å². The van der Waals surface area contributed by atoms with Crippen LogP contribution in [0.4, 0.5) is 26.2 Å². The van der Waals surface area contributed by atoms with Gasteiger partial charge in [-0.1, -0.05) is 24.3 Å². The molecule has 0 heterocycles. The third-order valence-electron chi connectivity index (χ3n) is 2.32. The summed E-state index contributed by atoms with van der Waals surface area (Å²) in [6.45, 7) is 0. The topological polar surface area (TPSA) is 67.1 Å². The number of amides is 2. The second-order valence-electron chi connectivity index (χ2n) is 3.65. The van der Waals surface area contributed by atoms with Crippen molar-refractivity contribution < 1.29 is 9.18 Å². The monoisotopic (exact) mass is 245 g/mol. The Morgan fingerprint density at radius 1 is 1.00 bits per heavy atom. The number of nitrogens with one attached hydrogen (secondary N) is 2. The molecular weight excluding hydrogens is 233 g/mol. The molecule has 18 heavy (non-hydrogen) atoms. The normalized spacial score (nSPS) is 9.83. The predicted molar refractivity (Wildman–Crippen MR) is 69.9 cm³/mol. The van der Waals surface area contributed by atoms with Crippen LogP contribution in [0, 0.1) is 5.82 Å². The predicted octanol–water partition coefficient (Wildman–Crippen LogP) is 3.05. The molecule has 0 aliphatic heterocycles. The van der Waals surface area contributed by atoms with Crippen LogP contribution in [0.2, 0.25) is 0 Å². The number of urea groups is 1. The summed E-state index contributed by atoms with van der Waals surface area (Å²) in [5.41, 5.74) is 6.35. The summed E-state index contributed by atoms with van der Waals surface area (Å²) in [7, 11) is 0. The quantitative estimate of drug-likeness (QED) is 0.712. The molecule has 0 spiro atoms. The number of benzene rings is 2. The Balaban J connectivity index is 2.08. The lowest BCUT2D eigenvalue weighted by Gasteiger charge is -2.10. The number of hydrogen-bond donors (Lipinski definition) is 3. The lowest BCUT2D eigenvalue weighted by atomic mass is 10.2. The van der Waals surface area contributed by atoms with E-state index in [0.717, 1.165) is 0 Å². The van der Waals surface area contributed by atoms with Gasteiger partial charge in [0.15, 0.2) is 0 Å². The van der Waals surface area contributed by atoms with Crippen LogP contribution in [0.15, 0.2) is 48.5 Å². The SMILES string of the molecule is Nc1cccc(F)c1NC(=O)Nc1ccccc1. The molecule has 0 saturated heterocycles. The smallest absolute Gasteiger partial charge is 0.323 e. The molecule has 4 N–H and O–H groups in total. The fourth-order valence-corrected chi connectivity index (χ4v) is 1.47. The summed E-state index contributed by atoms with van der Waals surface area (Å²) in [6, 6.07) is 12.5. The van der Waals surface area contributed by atoms with Crippen molar-refractivity contribution in [2.45, 2.75) is 0 Å². The molecule has 2 aromatic carbocycles. The van der Waals surface area contributed by atoms with Crippen molar-refractivity contribution in [2.75, 3.05) is 16.4 Å². The number of hydrogen-bond acceptors (Lipinski definition) is 2. The Kier molecular flexibility index (Phi) is 3.43. The third kappa shape index (κ3) is 2.76. The Morgan fingerprint density at radius 3 is 2.39 bits per heavy atom. The van der Waals surface area contributed by atoms with Crippen molar-refractivity contribution >= 4 is 23.1 Å². The number of carbonyl (C=O) groups excluding carboxylic acids is 1. The molecule has 0 aromatic heterocycles. The van der Waals surface area contributed by atoms with Crippen LogP contribution >= 0.6 is 0 Å². The van der Waals surface area contributed by atoms with Crippen LogP contribution in [0.5, 0.6) is 0 Å². The Morgan fingerprint density at radius 2 is 1.72 bits per heavy atom. The molecule has 0 atom stereocenters. The van der Waals surface area contributed by atoms with Crippen LogP contribution in [0.25, 0.3) is 0 Å². The summed E-state index contributed by atoms with van der Waals surface area (Å²) in [4.78, 5) is 11.6. The van der Waals surface area contributed by atoms with E-state index < -0.39 is 11.8 Å². The average molecular weight is 245 g/mol. The van der Waals surface area contributed by atoms with Gasteiger partial charge in [0.2, 0.25) is 0 Å². The van der Waals surface area contributed by atoms with Gasteiger partial charge in [0.25, 0.3) is 0 Å². The number of nitrogens with two attached hydrogens (primary N) is 1. The zero-order valence-corrected chi connectivity index (χ0v) is 9.48. The van der Waals surface area contributed by atoms with Crippen LogP contribution in [-0.4, -0.2) is 6.03 Å². The maximum Gasteiger partial charge on any atom is 0.323 e. The zero-order valence-electron chi connectivity index (χ0n) is 9.48. The van der Waals surface area contributed by atoms with Crippen molar-refractivity contribution in [1.82, 2.24) is 0 Å². The minimum atomic E-state index is -0.571. The Labute approximate surface area is 104 Å². The highest BCUT2D eigenvalue weighted by molar-refractivity contribution is 6.01. The molecule has 2 aromatic rings. The third-order valence-corrected chi connectivity index (χ3v) is 2.32. The van der Waals surface area contributed by atoms with E-state index in [0.29, 0.717) is 5.69 Å². The molecule has 0 saturated carbocycles. The summed E-state index contributed by atoms with van der Waals surface area (Å²) in [5.74, 6) is -0.571. The fourth-order valence-electron chi connectivity index (χ4n) is 1.47. The summed E-state index contributed by atoms with van der Waals surface area (Å²) >= 11 is 0. The van der Waals surface area contributed by atoms with E-state index >= 15 is 0 Å². The maximum absolute atomic E-state index is 13.4. The van der Waals surface area contributed by atoms with Crippen LogP contribution in [-0.2, 0) is 0 Å². The maximum atomic E-state index is 13.4. The first-order chi connectivity index (χ1) is 8.66. The van der Waals surface area contributed by atoms with Gasteiger partial charge in [-0.15, -0.1) is 0 Å². The van der Waals surface area contributed by atoms with Crippen LogP contribution in [0.1, 0.15) is 0 Å². The van der Waals surface area contributed by atoms with E-state index in [1.165, 1.54) is 18.2 Å². The molecule has 0 fully saturated rings. The van der Waals surface area contributed by atoms with Crippen molar-refractivity contribution in [2.24, 2.45) is 0 Å². The van der Waals surface area contributed by atoms with Gasteiger partial charge in [-0.3, -0.25) is 0 Å². The first-order valence-electron chi connectivity index (χ1n) is 5.34. The number of carbonyl (C=O) groups is 1. The van der Waals surface area contributed by atoms with E-state index in [1.54, 1.807) is 24.3 Å². The highest BCUT2D eigenvalue weighted by atomic mass is 19.1. The minimum absolute atomic E-state index is 0.0223. The van der Waals surface area contributed by atoms with Crippen molar-refractivity contribution in [3.8, 4) is 0 Å². The van der Waals surface area contributed by atoms with Gasteiger partial charge >= 0.3 is 6.03 Å². The fraction of sp³-hybridized carbons (Fsp3) is 0. The number of halogens is 1. The molecule has 0 unspecified atom stereocenters. The molecule has 4 nitrogen and oxygen atoms in total. The highest BCUT2D eigenvalue weighted by Gasteiger charge is 2.09. The van der Waals surface area contributed by atoms with Crippen molar-refractivity contribution in [3.05, 3.63) is 54.3 Å². The van der Waals surface area contributed by atoms with Crippen LogP contribution < -0.4 is 16.4 Å². The number of para-hydroxylation sites is 2. The van der Waals surface area contributed by atoms with E-state index in [1.807, 2.05) is 6.07 Å². The van der Waals surface area contributed by atoms with E-state index in [2.05, 4.69) is 10.6 Å². The molecule has 0 bridgehead atoms. The van der Waals surface area contributed by atoms with E-state index in [4.69, 9.17) is 5.73 Å². The summed E-state index contributed by atoms with van der Waals surface area (Å²) in [6.07, 6.45) is 0. The minimum Gasteiger partial charge on any atom is -0.397 e. The first kappa shape index (κ1) is 11.9. The number of nitrogen functional groups attached to an aromatic ring is 1. The molecule has 0 aliphatic carbocycles. The first-order valence-corrected chi connectivity index (χ1v) is 5.34. The second kappa shape index (κ2) is 5.18. The average Bonchev–Trinajstić information content (AvgIpc) is 2.35. The highest BCUT2D eigenvalue weighted by Crippen LogP contribution is 2.21. The standard InChI is InChI=1S/C13H12FN3O/c14-10-7-4-8-11(15)12(10)17-13(18)16-9-5-2-1-3-6-9/h1-8H,15H2,(H2,16,17,18). The van der Waals surface area contributed by atoms with E-state index in [9.17, 15) is 9.18 Å². The van der Waals surface area contributed by atoms with Gasteiger partial charge in [-0.25, -0.2) is 9.18 Å². The van der Waals surface area contributed by atoms with Gasteiger partial charge in [0.1, 0.15) is 11.5 Å². The Bertz CT molecular complexity index is 537. The summed E-state index contributed by atoms with van der Waals surface area (Å²) in [5, 5.41) is 4.95. The molecule has 5 heteroatoms. The van der Waals surface area contributed by atoms with Gasteiger partial charge < -0.3 is 16.4 Å². The number of anilines is 3. The summed E-state index contributed by atoms with van der Waals surface area (Å²) < 4.78 is 13.4. The second-order valence-corrected chi connectivity index (χ2v) is 3.65. The molecule has 2 amide bonds. The zero-order chi connectivity index (χ0) is 13.0. The van der Waals surface area contributed by atoms with Gasteiger partial charge in [0.05, 0.1) is 5.69 Å². The number of rotatable bonds is 2. The van der Waals surface area contributed by atoms with Gasteiger partial charge in [-0.2, -0.15) is 0 Å². The molecule has 0 aliphatic rings.